The second-order valence-corrected chi connectivity index (χ2v) is 7.19. The van der Waals surface area contributed by atoms with Gasteiger partial charge in [0.2, 0.25) is 0 Å². The molecule has 114 valence electrons. The van der Waals surface area contributed by atoms with Crippen LogP contribution in [0.5, 0.6) is 0 Å². The molecule has 3 rings (SSSR count). The van der Waals surface area contributed by atoms with Crippen LogP contribution in [-0.4, -0.2) is 36.4 Å². The second-order valence-electron chi connectivity index (χ2n) is 7.19. The Morgan fingerprint density at radius 2 is 1.67 bits per heavy atom. The van der Waals surface area contributed by atoms with Gasteiger partial charge in [-0.25, -0.2) is 4.98 Å². The summed E-state index contributed by atoms with van der Waals surface area (Å²) in [5.74, 6) is 1.10. The highest BCUT2D eigenvalue weighted by molar-refractivity contribution is 6.62. The summed E-state index contributed by atoms with van der Waals surface area (Å²) in [6.45, 7) is 12.7. The smallest absolute Gasteiger partial charge is 0.399 e. The lowest BCUT2D eigenvalue weighted by Gasteiger charge is -2.32. The predicted molar refractivity (Wildman–Crippen MR) is 86.1 cm³/mol. The zero-order chi connectivity index (χ0) is 15.3. The number of aromatic nitrogens is 1. The van der Waals surface area contributed by atoms with Gasteiger partial charge in [-0.15, -0.1) is 0 Å². The maximum atomic E-state index is 6.09. The number of hydrogen-bond donors (Lipinski definition) is 0. The van der Waals surface area contributed by atoms with E-state index >= 15 is 0 Å². The fourth-order valence-electron chi connectivity index (χ4n) is 2.96. The Hall–Kier alpha value is -1.07. The van der Waals surface area contributed by atoms with Crippen molar-refractivity contribution in [3.63, 3.8) is 0 Å². The van der Waals surface area contributed by atoms with Gasteiger partial charge in [0, 0.05) is 24.7 Å². The molecule has 0 radical (unpaired) electrons. The third kappa shape index (κ3) is 2.57. The lowest BCUT2D eigenvalue weighted by atomic mass is 9.79. The van der Waals surface area contributed by atoms with Crippen molar-refractivity contribution in [3.8, 4) is 0 Å². The number of aryl methyl sites for hydroxylation is 1. The molecule has 0 atom stereocenters. The molecule has 3 heterocycles. The summed E-state index contributed by atoms with van der Waals surface area (Å²) >= 11 is 0. The van der Waals surface area contributed by atoms with Crippen molar-refractivity contribution in [2.75, 3.05) is 18.0 Å². The summed E-state index contributed by atoms with van der Waals surface area (Å²) in [6.07, 6.45) is 4.43. The minimum Gasteiger partial charge on any atom is -0.399 e. The van der Waals surface area contributed by atoms with Crippen molar-refractivity contribution in [2.45, 2.75) is 58.7 Å². The number of rotatable bonds is 2. The van der Waals surface area contributed by atoms with Crippen LogP contribution in [0.3, 0.4) is 0 Å². The van der Waals surface area contributed by atoms with Crippen molar-refractivity contribution in [1.82, 2.24) is 4.98 Å². The van der Waals surface area contributed by atoms with Crippen molar-refractivity contribution in [2.24, 2.45) is 0 Å². The van der Waals surface area contributed by atoms with Crippen LogP contribution in [0.15, 0.2) is 12.3 Å². The molecule has 2 aliphatic rings. The third-order valence-corrected chi connectivity index (χ3v) is 5.00. The van der Waals surface area contributed by atoms with Crippen molar-refractivity contribution < 1.29 is 9.31 Å². The molecule has 2 aliphatic heterocycles. The molecule has 0 aromatic carbocycles. The Morgan fingerprint density at radius 3 is 2.19 bits per heavy atom. The molecule has 0 spiro atoms. The predicted octanol–water partition coefficient (Wildman–Crippen LogP) is 2.29. The normalized spacial score (nSPS) is 23.9. The second kappa shape index (κ2) is 4.99. The molecule has 5 heteroatoms. The number of hydrogen-bond acceptors (Lipinski definition) is 4. The Kier molecular flexibility index (Phi) is 3.53. The number of anilines is 1. The van der Waals surface area contributed by atoms with Crippen LogP contribution in [0.4, 0.5) is 5.82 Å². The van der Waals surface area contributed by atoms with Crippen LogP contribution in [0.2, 0.25) is 0 Å². The molecule has 21 heavy (non-hydrogen) atoms. The van der Waals surface area contributed by atoms with Gasteiger partial charge in [0.05, 0.1) is 11.2 Å². The van der Waals surface area contributed by atoms with E-state index in [4.69, 9.17) is 9.31 Å². The van der Waals surface area contributed by atoms with Crippen LogP contribution < -0.4 is 10.4 Å². The van der Waals surface area contributed by atoms with E-state index in [1.54, 1.807) is 0 Å². The SMILES string of the molecule is Cc1cc(B2OC(C)(C)C(C)(C)O2)cnc1N1CCCC1. The van der Waals surface area contributed by atoms with E-state index in [2.05, 4.69) is 50.6 Å². The largest absolute Gasteiger partial charge is 0.496 e. The van der Waals surface area contributed by atoms with Crippen LogP contribution in [0, 0.1) is 6.92 Å². The van der Waals surface area contributed by atoms with Gasteiger partial charge in [-0.3, -0.25) is 0 Å². The standard InChI is InChI=1S/C16H25BN2O2/c1-12-10-13(11-18-14(12)19-8-6-7-9-19)17-20-15(2,3)16(4,5)21-17/h10-11H,6-9H2,1-5H3. The van der Waals surface area contributed by atoms with Gasteiger partial charge in [-0.2, -0.15) is 0 Å². The van der Waals surface area contributed by atoms with E-state index < -0.39 is 0 Å². The average Bonchev–Trinajstić information content (AvgIpc) is 2.96. The minimum absolute atomic E-state index is 0.306. The highest BCUT2D eigenvalue weighted by Crippen LogP contribution is 2.36. The molecule has 0 N–H and O–H groups in total. The van der Waals surface area contributed by atoms with E-state index in [9.17, 15) is 0 Å². The topological polar surface area (TPSA) is 34.6 Å². The molecule has 0 amide bonds. The van der Waals surface area contributed by atoms with Gasteiger partial charge >= 0.3 is 7.12 Å². The van der Waals surface area contributed by atoms with Crippen LogP contribution in [-0.2, 0) is 9.31 Å². The Balaban J connectivity index is 1.83. The summed E-state index contributed by atoms with van der Waals surface area (Å²) in [5, 5.41) is 0. The molecule has 1 aromatic heterocycles. The Labute approximate surface area is 128 Å². The Bertz CT molecular complexity index is 523. The lowest BCUT2D eigenvalue weighted by molar-refractivity contribution is 0.00578. The van der Waals surface area contributed by atoms with Crippen LogP contribution >= 0.6 is 0 Å². The maximum absolute atomic E-state index is 6.09. The first-order valence-electron chi connectivity index (χ1n) is 7.87. The maximum Gasteiger partial charge on any atom is 0.496 e. The van der Waals surface area contributed by atoms with E-state index in [0.29, 0.717) is 0 Å². The highest BCUT2D eigenvalue weighted by Gasteiger charge is 2.51. The van der Waals surface area contributed by atoms with Gasteiger partial charge in [0.25, 0.3) is 0 Å². The van der Waals surface area contributed by atoms with Crippen LogP contribution in [0.1, 0.15) is 46.1 Å². The average molecular weight is 288 g/mol. The molecular weight excluding hydrogens is 263 g/mol. The third-order valence-electron chi connectivity index (χ3n) is 5.00. The highest BCUT2D eigenvalue weighted by atomic mass is 16.7. The van der Waals surface area contributed by atoms with E-state index in [0.717, 1.165) is 24.4 Å². The number of nitrogens with zero attached hydrogens (tertiary/aromatic N) is 2. The monoisotopic (exact) mass is 288 g/mol. The summed E-state index contributed by atoms with van der Waals surface area (Å²) in [4.78, 5) is 7.03. The Morgan fingerprint density at radius 1 is 1.10 bits per heavy atom. The van der Waals surface area contributed by atoms with Crippen molar-refractivity contribution >= 4 is 18.4 Å². The zero-order valence-electron chi connectivity index (χ0n) is 13.8. The van der Waals surface area contributed by atoms with Crippen molar-refractivity contribution in [3.05, 3.63) is 17.8 Å². The first kappa shape index (κ1) is 14.9. The van der Waals surface area contributed by atoms with Gasteiger partial charge in [-0.1, -0.05) is 6.07 Å². The molecule has 0 aliphatic carbocycles. The first-order chi connectivity index (χ1) is 9.80. The molecule has 1 aromatic rings. The first-order valence-corrected chi connectivity index (χ1v) is 7.87. The van der Waals surface area contributed by atoms with E-state index in [1.165, 1.54) is 18.4 Å². The zero-order valence-corrected chi connectivity index (χ0v) is 13.8. The molecule has 0 unspecified atom stereocenters. The van der Waals surface area contributed by atoms with Gasteiger partial charge < -0.3 is 14.2 Å². The summed E-state index contributed by atoms with van der Waals surface area (Å²) < 4.78 is 12.2. The van der Waals surface area contributed by atoms with Gasteiger partial charge in [0.1, 0.15) is 5.82 Å². The number of pyridine rings is 1. The van der Waals surface area contributed by atoms with E-state index in [-0.39, 0.29) is 18.3 Å². The lowest BCUT2D eigenvalue weighted by Crippen LogP contribution is -2.41. The fourth-order valence-corrected chi connectivity index (χ4v) is 2.96. The summed E-state index contributed by atoms with van der Waals surface area (Å²) in [7, 11) is -0.325. The molecule has 0 bridgehead atoms. The molecule has 2 saturated heterocycles. The molecular formula is C16H25BN2O2. The van der Waals surface area contributed by atoms with Gasteiger partial charge in [0.15, 0.2) is 0 Å². The van der Waals surface area contributed by atoms with Crippen molar-refractivity contribution in [1.29, 1.82) is 0 Å². The van der Waals surface area contributed by atoms with Gasteiger partial charge in [-0.05, 0) is 53.0 Å². The molecule has 4 nitrogen and oxygen atoms in total. The minimum atomic E-state index is -0.325. The quantitative estimate of drug-likeness (QED) is 0.782. The summed E-state index contributed by atoms with van der Waals surface area (Å²) in [6, 6.07) is 2.16. The van der Waals surface area contributed by atoms with Crippen LogP contribution in [0.25, 0.3) is 0 Å². The summed E-state index contributed by atoms with van der Waals surface area (Å²) in [5.41, 5.74) is 1.59. The molecule has 2 fully saturated rings. The fraction of sp³-hybridized carbons (Fsp3) is 0.688. The molecule has 0 saturated carbocycles. The van der Waals surface area contributed by atoms with E-state index in [1.807, 2.05) is 6.20 Å².